The van der Waals surface area contributed by atoms with E-state index in [0.29, 0.717) is 10.4 Å². The molecule has 1 amide bonds. The summed E-state index contributed by atoms with van der Waals surface area (Å²) >= 11 is 1.30. The van der Waals surface area contributed by atoms with Crippen LogP contribution in [0.15, 0.2) is 47.8 Å². The van der Waals surface area contributed by atoms with Crippen LogP contribution in [-0.4, -0.2) is 30.1 Å². The van der Waals surface area contributed by atoms with Crippen LogP contribution in [0.1, 0.15) is 21.3 Å². The van der Waals surface area contributed by atoms with Crippen LogP contribution in [0.25, 0.3) is 0 Å². The number of amides is 1. The molecule has 0 fully saturated rings. The van der Waals surface area contributed by atoms with E-state index in [4.69, 9.17) is 0 Å². The van der Waals surface area contributed by atoms with Crippen molar-refractivity contribution in [2.24, 2.45) is 0 Å². The van der Waals surface area contributed by atoms with E-state index in [1.807, 2.05) is 0 Å². The Labute approximate surface area is 126 Å². The molecule has 0 aliphatic rings. The second-order valence-corrected chi connectivity index (χ2v) is 5.28. The Bertz CT molecular complexity index is 597. The molecule has 0 unspecified atom stereocenters. The van der Waals surface area contributed by atoms with Crippen molar-refractivity contribution in [3.8, 4) is 0 Å². The van der Waals surface area contributed by atoms with Crippen LogP contribution in [0.5, 0.6) is 0 Å². The summed E-state index contributed by atoms with van der Waals surface area (Å²) in [7, 11) is 1.21. The predicted octanol–water partition coefficient (Wildman–Crippen LogP) is 1.75. The van der Waals surface area contributed by atoms with Gasteiger partial charge < -0.3 is 15.2 Å². The highest BCUT2D eigenvalue weighted by Crippen LogP contribution is 2.22. The fourth-order valence-corrected chi connectivity index (χ4v) is 2.58. The second-order valence-electron chi connectivity index (χ2n) is 4.30. The van der Waals surface area contributed by atoms with Crippen molar-refractivity contribution in [3.63, 3.8) is 0 Å². The molecule has 1 aromatic carbocycles. The summed E-state index contributed by atoms with van der Waals surface area (Å²) in [6.07, 6.45) is -1.15. The molecule has 110 valence electrons. The molecule has 0 aliphatic heterocycles. The van der Waals surface area contributed by atoms with E-state index >= 15 is 0 Å². The zero-order valence-electron chi connectivity index (χ0n) is 11.4. The molecule has 0 saturated heterocycles. The van der Waals surface area contributed by atoms with Crippen molar-refractivity contribution in [2.45, 2.75) is 12.1 Å². The molecule has 1 heterocycles. The van der Waals surface area contributed by atoms with Crippen LogP contribution in [0.2, 0.25) is 0 Å². The fourth-order valence-electron chi connectivity index (χ4n) is 1.83. The van der Waals surface area contributed by atoms with Gasteiger partial charge in [0.1, 0.15) is 6.10 Å². The zero-order valence-corrected chi connectivity index (χ0v) is 12.2. The molecule has 2 aromatic rings. The molecule has 0 radical (unpaired) electrons. The van der Waals surface area contributed by atoms with E-state index in [-0.39, 0.29) is 0 Å². The first-order valence-electron chi connectivity index (χ1n) is 6.28. The number of carbonyl (C=O) groups is 2. The monoisotopic (exact) mass is 305 g/mol. The quantitative estimate of drug-likeness (QED) is 0.825. The molecule has 2 atom stereocenters. The molecule has 6 heteroatoms. The van der Waals surface area contributed by atoms with Crippen molar-refractivity contribution in [3.05, 3.63) is 58.3 Å². The third kappa shape index (κ3) is 3.68. The summed E-state index contributed by atoms with van der Waals surface area (Å²) in [4.78, 5) is 24.5. The van der Waals surface area contributed by atoms with Gasteiger partial charge in [-0.25, -0.2) is 4.79 Å². The van der Waals surface area contributed by atoms with Gasteiger partial charge in [0, 0.05) is 10.4 Å². The molecule has 0 bridgehead atoms. The number of esters is 1. The van der Waals surface area contributed by atoms with E-state index < -0.39 is 24.0 Å². The van der Waals surface area contributed by atoms with Crippen LogP contribution < -0.4 is 5.32 Å². The Kier molecular flexibility index (Phi) is 5.08. The van der Waals surface area contributed by atoms with Gasteiger partial charge >= 0.3 is 5.97 Å². The largest absolute Gasteiger partial charge is 0.467 e. The fraction of sp³-hybridized carbons (Fsp3) is 0.200. The molecular formula is C15H15NO4S. The minimum absolute atomic E-state index is 0.407. The summed E-state index contributed by atoms with van der Waals surface area (Å²) in [6.45, 7) is 0. The van der Waals surface area contributed by atoms with Gasteiger partial charge in [-0.2, -0.15) is 0 Å². The SMILES string of the molecule is COC(=O)[C@@H](NC(=O)c1ccccc1)[C@@H](O)c1cccs1. The van der Waals surface area contributed by atoms with Gasteiger partial charge in [0.25, 0.3) is 5.91 Å². The van der Waals surface area contributed by atoms with Crippen LogP contribution in [-0.2, 0) is 9.53 Å². The second kappa shape index (κ2) is 7.01. The minimum atomic E-state index is -1.15. The van der Waals surface area contributed by atoms with Crippen molar-refractivity contribution < 1.29 is 19.4 Å². The Morgan fingerprint density at radius 1 is 1.19 bits per heavy atom. The average Bonchev–Trinajstić information content (AvgIpc) is 3.06. The number of methoxy groups -OCH3 is 1. The van der Waals surface area contributed by atoms with E-state index in [0.717, 1.165) is 0 Å². The van der Waals surface area contributed by atoms with E-state index in [1.54, 1.807) is 47.8 Å². The van der Waals surface area contributed by atoms with Gasteiger partial charge in [0.15, 0.2) is 6.04 Å². The number of carbonyl (C=O) groups excluding carboxylic acids is 2. The first-order valence-corrected chi connectivity index (χ1v) is 7.16. The number of ether oxygens (including phenoxy) is 1. The summed E-state index contributed by atoms with van der Waals surface area (Å²) in [6, 6.07) is 10.8. The number of thiophene rings is 1. The van der Waals surface area contributed by atoms with Crippen LogP contribution in [0.4, 0.5) is 0 Å². The standard InChI is InChI=1S/C15H15NO4S/c1-20-15(19)12(13(17)11-8-5-9-21-11)16-14(18)10-6-3-2-4-7-10/h2-9,12-13,17H,1H3,(H,16,18)/t12-,13-/m0/s1. The number of aliphatic hydroxyl groups is 1. The van der Waals surface area contributed by atoms with Crippen LogP contribution in [0.3, 0.4) is 0 Å². The normalized spacial score (nSPS) is 13.2. The van der Waals surface area contributed by atoms with Crippen molar-refractivity contribution >= 4 is 23.2 Å². The maximum atomic E-state index is 12.1. The van der Waals surface area contributed by atoms with Crippen molar-refractivity contribution in [2.75, 3.05) is 7.11 Å². The summed E-state index contributed by atoms with van der Waals surface area (Å²) in [5.74, 6) is -1.14. The minimum Gasteiger partial charge on any atom is -0.467 e. The van der Waals surface area contributed by atoms with E-state index in [9.17, 15) is 14.7 Å². The number of aliphatic hydroxyl groups excluding tert-OH is 1. The number of hydrogen-bond acceptors (Lipinski definition) is 5. The zero-order chi connectivity index (χ0) is 15.2. The molecule has 2 N–H and O–H groups in total. The van der Waals surface area contributed by atoms with Crippen molar-refractivity contribution in [1.29, 1.82) is 0 Å². The highest BCUT2D eigenvalue weighted by atomic mass is 32.1. The first kappa shape index (κ1) is 15.2. The van der Waals surface area contributed by atoms with Gasteiger partial charge in [-0.1, -0.05) is 24.3 Å². The Morgan fingerprint density at radius 2 is 1.90 bits per heavy atom. The molecule has 0 saturated carbocycles. The smallest absolute Gasteiger partial charge is 0.331 e. The van der Waals surface area contributed by atoms with Crippen LogP contribution in [0, 0.1) is 0 Å². The number of benzene rings is 1. The number of rotatable bonds is 5. The highest BCUT2D eigenvalue weighted by molar-refractivity contribution is 7.10. The van der Waals surface area contributed by atoms with Gasteiger partial charge in [-0.3, -0.25) is 4.79 Å². The van der Waals surface area contributed by atoms with E-state index in [1.165, 1.54) is 18.4 Å². The molecule has 2 rings (SSSR count). The van der Waals surface area contributed by atoms with Gasteiger partial charge in [-0.15, -0.1) is 11.3 Å². The molecule has 5 nitrogen and oxygen atoms in total. The Hall–Kier alpha value is -2.18. The van der Waals surface area contributed by atoms with Gasteiger partial charge in [0.2, 0.25) is 0 Å². The predicted molar refractivity (Wildman–Crippen MR) is 79.0 cm³/mol. The molecule has 0 aliphatic carbocycles. The number of hydrogen-bond donors (Lipinski definition) is 2. The average molecular weight is 305 g/mol. The molecule has 21 heavy (non-hydrogen) atoms. The van der Waals surface area contributed by atoms with E-state index in [2.05, 4.69) is 10.1 Å². The Morgan fingerprint density at radius 3 is 2.48 bits per heavy atom. The maximum absolute atomic E-state index is 12.1. The lowest BCUT2D eigenvalue weighted by Crippen LogP contribution is -2.45. The lowest BCUT2D eigenvalue weighted by atomic mass is 10.1. The first-order chi connectivity index (χ1) is 10.1. The summed E-state index contributed by atoms with van der Waals surface area (Å²) < 4.78 is 4.66. The lowest BCUT2D eigenvalue weighted by molar-refractivity contribution is -0.145. The maximum Gasteiger partial charge on any atom is 0.331 e. The summed E-state index contributed by atoms with van der Waals surface area (Å²) in [5.41, 5.74) is 0.407. The summed E-state index contributed by atoms with van der Waals surface area (Å²) in [5, 5.41) is 14.6. The lowest BCUT2D eigenvalue weighted by Gasteiger charge is -2.21. The van der Waals surface area contributed by atoms with Crippen LogP contribution >= 0.6 is 11.3 Å². The molecule has 0 spiro atoms. The third-order valence-electron chi connectivity index (χ3n) is 2.93. The Balaban J connectivity index is 2.17. The van der Waals surface area contributed by atoms with Gasteiger partial charge in [-0.05, 0) is 23.6 Å². The topological polar surface area (TPSA) is 75.6 Å². The molecule has 1 aromatic heterocycles. The van der Waals surface area contributed by atoms with Gasteiger partial charge in [0.05, 0.1) is 7.11 Å². The number of nitrogens with one attached hydrogen (secondary N) is 1. The van der Waals surface area contributed by atoms with Crippen molar-refractivity contribution in [1.82, 2.24) is 5.32 Å². The molecular weight excluding hydrogens is 290 g/mol. The highest BCUT2D eigenvalue weighted by Gasteiger charge is 2.31. The third-order valence-corrected chi connectivity index (χ3v) is 3.87.